The number of nitrogens with zero attached hydrogens (tertiary/aromatic N) is 4. The highest BCUT2D eigenvalue weighted by Gasteiger charge is 2.49. The van der Waals surface area contributed by atoms with Crippen LogP contribution in [0.5, 0.6) is 0 Å². The molecular formula is C23H26N4S. The van der Waals surface area contributed by atoms with Gasteiger partial charge in [-0.3, -0.25) is 0 Å². The van der Waals surface area contributed by atoms with Crippen molar-refractivity contribution in [2.45, 2.75) is 69.9 Å². The third kappa shape index (κ3) is 3.56. The molecule has 1 aromatic rings. The molecule has 1 saturated heterocycles. The molecule has 3 fully saturated rings. The van der Waals surface area contributed by atoms with E-state index in [1.54, 1.807) is 6.08 Å². The number of thioether (sulfide) groups is 1. The van der Waals surface area contributed by atoms with Crippen molar-refractivity contribution < 1.29 is 0 Å². The quantitative estimate of drug-likeness (QED) is 0.465. The topological polar surface area (TPSA) is 43.8 Å². The summed E-state index contributed by atoms with van der Waals surface area (Å²) in [6, 6.07) is 8.59. The highest BCUT2D eigenvalue weighted by Crippen LogP contribution is 2.48. The molecule has 28 heavy (non-hydrogen) atoms. The number of aliphatic imine (C=N–C) groups is 1. The summed E-state index contributed by atoms with van der Waals surface area (Å²) in [7, 11) is 0. The molecule has 3 aliphatic rings. The van der Waals surface area contributed by atoms with Crippen LogP contribution in [0.2, 0.25) is 0 Å². The van der Waals surface area contributed by atoms with Crippen LogP contribution in [0.15, 0.2) is 28.9 Å². The van der Waals surface area contributed by atoms with Gasteiger partial charge in [0.15, 0.2) is 5.17 Å². The maximum atomic E-state index is 8.97. The normalized spacial score (nSPS) is 23.5. The number of benzene rings is 1. The van der Waals surface area contributed by atoms with Gasteiger partial charge in [-0.1, -0.05) is 49.6 Å². The SMILES string of the molecule is [C-]#[N+]/C(C#N)=C\c1ccc(N=C2SCC3(CCCC3)N2C2CCCC2)c(C)c1. The standard InChI is InChI=1S/C23H26N4S/c1-17-13-18(14-19(15-24)25-2)9-10-21(17)26-22-27(20-7-3-4-8-20)23(16-28-22)11-5-6-12-23/h9-10,13-14,20H,3-8,11-12,16H2,1H3/b19-14-,26-22?. The lowest BCUT2D eigenvalue weighted by Gasteiger charge is -2.40. The van der Waals surface area contributed by atoms with Gasteiger partial charge in [0, 0.05) is 11.8 Å². The minimum Gasteiger partial charge on any atom is -0.342 e. The highest BCUT2D eigenvalue weighted by atomic mass is 32.2. The van der Waals surface area contributed by atoms with Crippen LogP contribution in [0.25, 0.3) is 10.9 Å². The molecule has 0 bridgehead atoms. The van der Waals surface area contributed by atoms with Crippen molar-refractivity contribution in [2.75, 3.05) is 5.75 Å². The second-order valence-electron chi connectivity index (χ2n) is 8.22. The molecule has 1 aliphatic heterocycles. The zero-order valence-corrected chi connectivity index (χ0v) is 17.3. The van der Waals surface area contributed by atoms with Crippen LogP contribution in [-0.2, 0) is 0 Å². The van der Waals surface area contributed by atoms with Crippen molar-refractivity contribution in [3.8, 4) is 6.07 Å². The first kappa shape index (κ1) is 19.1. The van der Waals surface area contributed by atoms with Crippen LogP contribution in [0.4, 0.5) is 5.69 Å². The zero-order valence-electron chi connectivity index (χ0n) is 16.4. The molecule has 2 saturated carbocycles. The van der Waals surface area contributed by atoms with E-state index >= 15 is 0 Å². The van der Waals surface area contributed by atoms with Crippen LogP contribution in [0.3, 0.4) is 0 Å². The zero-order chi connectivity index (χ0) is 19.6. The number of amidine groups is 1. The minimum atomic E-state index is 0.111. The second-order valence-corrected chi connectivity index (χ2v) is 9.16. The van der Waals surface area contributed by atoms with E-state index in [0.29, 0.717) is 11.6 Å². The third-order valence-corrected chi connectivity index (χ3v) is 7.61. The van der Waals surface area contributed by atoms with Crippen molar-refractivity contribution in [1.82, 2.24) is 4.90 Å². The molecule has 144 valence electrons. The lowest BCUT2D eigenvalue weighted by molar-refractivity contribution is 0.163. The molecule has 1 aromatic carbocycles. The molecule has 0 amide bonds. The predicted octanol–water partition coefficient (Wildman–Crippen LogP) is 6.07. The van der Waals surface area contributed by atoms with Crippen molar-refractivity contribution in [3.63, 3.8) is 0 Å². The Morgan fingerprint density at radius 1 is 1.32 bits per heavy atom. The van der Waals surface area contributed by atoms with Crippen molar-refractivity contribution in [1.29, 1.82) is 5.26 Å². The third-order valence-electron chi connectivity index (χ3n) is 6.39. The number of allylic oxidation sites excluding steroid dienone is 1. The molecule has 0 atom stereocenters. The van der Waals surface area contributed by atoms with Gasteiger partial charge in [-0.05, 0) is 55.9 Å². The maximum absolute atomic E-state index is 8.97. The Morgan fingerprint density at radius 2 is 2.07 bits per heavy atom. The van der Waals surface area contributed by atoms with Crippen LogP contribution in [-0.4, -0.2) is 27.4 Å². The number of hydrogen-bond acceptors (Lipinski definition) is 3. The van der Waals surface area contributed by atoms with E-state index in [2.05, 4.69) is 16.7 Å². The molecule has 0 N–H and O–H groups in total. The summed E-state index contributed by atoms with van der Waals surface area (Å²) in [5.41, 5.74) is 3.42. The van der Waals surface area contributed by atoms with Gasteiger partial charge in [-0.25, -0.2) is 15.1 Å². The Bertz CT molecular complexity index is 874. The Labute approximate surface area is 172 Å². The van der Waals surface area contributed by atoms with Crippen LogP contribution >= 0.6 is 11.8 Å². The van der Waals surface area contributed by atoms with E-state index in [-0.39, 0.29) is 5.70 Å². The fraction of sp³-hybridized carbons (Fsp3) is 0.522. The van der Waals surface area contributed by atoms with Gasteiger partial charge in [0.1, 0.15) is 0 Å². The fourth-order valence-corrected chi connectivity index (χ4v) is 6.47. The van der Waals surface area contributed by atoms with E-state index in [1.165, 1.54) is 62.3 Å². The van der Waals surface area contributed by atoms with Gasteiger partial charge < -0.3 is 4.90 Å². The fourth-order valence-electron chi connectivity index (χ4n) is 5.00. The lowest BCUT2D eigenvalue weighted by Crippen LogP contribution is -2.50. The molecule has 0 aromatic heterocycles. The summed E-state index contributed by atoms with van der Waals surface area (Å²) in [5, 5.41) is 10.2. The van der Waals surface area contributed by atoms with Crippen molar-refractivity contribution in [2.24, 2.45) is 4.99 Å². The second kappa shape index (κ2) is 8.02. The first-order valence-corrected chi connectivity index (χ1v) is 11.2. The van der Waals surface area contributed by atoms with Gasteiger partial charge in [0.25, 0.3) is 5.70 Å². The van der Waals surface area contributed by atoms with E-state index in [0.717, 1.165) is 16.8 Å². The van der Waals surface area contributed by atoms with Crippen LogP contribution < -0.4 is 0 Å². The van der Waals surface area contributed by atoms with Gasteiger partial charge >= 0.3 is 0 Å². The number of aryl methyl sites for hydroxylation is 1. The number of rotatable bonds is 3. The van der Waals surface area contributed by atoms with Crippen LogP contribution in [0.1, 0.15) is 62.5 Å². The number of hydrogen-bond donors (Lipinski definition) is 0. The number of nitriles is 1. The minimum absolute atomic E-state index is 0.111. The van der Waals surface area contributed by atoms with Gasteiger partial charge in [0.05, 0.1) is 23.9 Å². The van der Waals surface area contributed by atoms with Gasteiger partial charge in [-0.2, -0.15) is 0 Å². The van der Waals surface area contributed by atoms with Crippen molar-refractivity contribution >= 4 is 28.7 Å². The molecule has 1 spiro atoms. The average molecular weight is 391 g/mol. The predicted molar refractivity (Wildman–Crippen MR) is 116 cm³/mol. The summed E-state index contributed by atoms with van der Waals surface area (Å²) in [4.78, 5) is 11.1. The summed E-state index contributed by atoms with van der Waals surface area (Å²) >= 11 is 1.94. The summed E-state index contributed by atoms with van der Waals surface area (Å²) in [6.45, 7) is 9.10. The maximum Gasteiger partial charge on any atom is 0.262 e. The Morgan fingerprint density at radius 3 is 2.71 bits per heavy atom. The Kier molecular flexibility index (Phi) is 5.47. The molecule has 2 aliphatic carbocycles. The molecule has 0 radical (unpaired) electrons. The smallest absolute Gasteiger partial charge is 0.262 e. The van der Waals surface area contributed by atoms with E-state index in [4.69, 9.17) is 16.8 Å². The first-order chi connectivity index (χ1) is 13.6. The molecule has 4 rings (SSSR count). The molecule has 1 heterocycles. The molecule has 4 nitrogen and oxygen atoms in total. The summed E-state index contributed by atoms with van der Waals surface area (Å²) in [6.07, 6.45) is 12.3. The van der Waals surface area contributed by atoms with E-state index in [9.17, 15) is 0 Å². The summed E-state index contributed by atoms with van der Waals surface area (Å²) < 4.78 is 0. The van der Waals surface area contributed by atoms with Crippen molar-refractivity contribution in [3.05, 3.63) is 46.4 Å². The van der Waals surface area contributed by atoms with Crippen LogP contribution in [0, 0.1) is 24.8 Å². The van der Waals surface area contributed by atoms with Gasteiger partial charge in [0.2, 0.25) is 0 Å². The van der Waals surface area contributed by atoms with Gasteiger partial charge in [-0.15, -0.1) is 0 Å². The Hall–Kier alpha value is -2.24. The monoisotopic (exact) mass is 390 g/mol. The van der Waals surface area contributed by atoms with E-state index in [1.807, 2.05) is 36.0 Å². The largest absolute Gasteiger partial charge is 0.342 e. The Balaban J connectivity index is 1.65. The molecular weight excluding hydrogens is 364 g/mol. The summed E-state index contributed by atoms with van der Waals surface area (Å²) in [5.74, 6) is 1.18. The average Bonchev–Trinajstić information content (AvgIpc) is 3.45. The lowest BCUT2D eigenvalue weighted by atomic mass is 9.95. The highest BCUT2D eigenvalue weighted by molar-refractivity contribution is 8.14. The first-order valence-electron chi connectivity index (χ1n) is 10.3. The molecule has 0 unspecified atom stereocenters. The molecule has 5 heteroatoms. The van der Waals surface area contributed by atoms with E-state index < -0.39 is 0 Å².